The van der Waals surface area contributed by atoms with Gasteiger partial charge in [-0.2, -0.15) is 0 Å². The molecule has 3 fully saturated rings. The number of hydrogen-bond acceptors (Lipinski definition) is 5. The summed E-state index contributed by atoms with van der Waals surface area (Å²) in [6.45, 7) is 0.335. The summed E-state index contributed by atoms with van der Waals surface area (Å²) < 4.78 is 15.4. The van der Waals surface area contributed by atoms with Crippen LogP contribution in [0.3, 0.4) is 0 Å². The number of esters is 1. The first-order chi connectivity index (χ1) is 6.74. The molecule has 1 amide bonds. The van der Waals surface area contributed by atoms with E-state index in [1.165, 1.54) is 0 Å². The molecule has 6 heteroatoms. The molecule has 76 valence electrons. The molecule has 0 saturated carbocycles. The van der Waals surface area contributed by atoms with Gasteiger partial charge < -0.3 is 19.5 Å². The molecule has 3 rings (SSSR count). The number of fused-ring (bicyclic) bond motifs is 3. The van der Waals surface area contributed by atoms with Gasteiger partial charge >= 0.3 is 12.1 Å². The Morgan fingerprint density at radius 2 is 2.07 bits per heavy atom. The van der Waals surface area contributed by atoms with Crippen LogP contribution >= 0.6 is 0 Å². The lowest BCUT2D eigenvalue weighted by Gasteiger charge is -2.31. The Balaban J connectivity index is 1.84. The molecular weight excluding hydrogens is 190 g/mol. The molecule has 0 spiro atoms. The zero-order valence-electron chi connectivity index (χ0n) is 7.26. The number of hydrogen-bond donors (Lipinski definition) is 1. The number of amides is 1. The zero-order chi connectivity index (χ0) is 9.71. The van der Waals surface area contributed by atoms with Crippen LogP contribution in [0.25, 0.3) is 0 Å². The van der Waals surface area contributed by atoms with Crippen LogP contribution in [-0.2, 0) is 19.0 Å². The van der Waals surface area contributed by atoms with Crippen molar-refractivity contribution < 1.29 is 23.8 Å². The van der Waals surface area contributed by atoms with Crippen molar-refractivity contribution >= 4 is 12.1 Å². The van der Waals surface area contributed by atoms with Crippen molar-refractivity contribution in [3.63, 3.8) is 0 Å². The van der Waals surface area contributed by atoms with Crippen molar-refractivity contribution in [3.8, 4) is 0 Å². The minimum absolute atomic E-state index is 0.231. The Morgan fingerprint density at radius 3 is 2.93 bits per heavy atom. The van der Waals surface area contributed by atoms with Crippen LogP contribution in [0.2, 0.25) is 0 Å². The first-order valence-electron chi connectivity index (χ1n) is 4.52. The first kappa shape index (κ1) is 8.05. The minimum atomic E-state index is -0.466. The second-order valence-electron chi connectivity index (χ2n) is 3.64. The molecule has 0 bridgehead atoms. The Morgan fingerprint density at radius 1 is 1.21 bits per heavy atom. The molecule has 3 saturated heterocycles. The monoisotopic (exact) mass is 199 g/mol. The quantitative estimate of drug-likeness (QED) is 0.516. The lowest BCUT2D eigenvalue weighted by molar-refractivity contribution is -0.147. The molecular formula is C8H9NO5. The van der Waals surface area contributed by atoms with E-state index in [1.54, 1.807) is 0 Å². The van der Waals surface area contributed by atoms with E-state index in [1.807, 2.05) is 0 Å². The number of alkyl carbamates (subject to hydrolysis) is 1. The second kappa shape index (κ2) is 2.60. The van der Waals surface area contributed by atoms with Gasteiger partial charge in [-0.05, 0) is 0 Å². The summed E-state index contributed by atoms with van der Waals surface area (Å²) in [7, 11) is 0. The van der Waals surface area contributed by atoms with E-state index >= 15 is 0 Å². The Bertz CT molecular complexity index is 274. The summed E-state index contributed by atoms with van der Waals surface area (Å²) >= 11 is 0. The van der Waals surface area contributed by atoms with E-state index in [4.69, 9.17) is 14.2 Å². The highest BCUT2D eigenvalue weighted by Gasteiger charge is 2.52. The molecule has 0 unspecified atom stereocenters. The molecule has 3 aliphatic rings. The van der Waals surface area contributed by atoms with Crippen LogP contribution in [0.5, 0.6) is 0 Å². The zero-order valence-corrected chi connectivity index (χ0v) is 7.26. The number of carbonyl (C=O) groups excluding carboxylic acids is 2. The summed E-state index contributed by atoms with van der Waals surface area (Å²) in [5.74, 6) is -0.276. The van der Waals surface area contributed by atoms with Crippen LogP contribution < -0.4 is 5.32 Å². The molecule has 0 aromatic heterocycles. The maximum absolute atomic E-state index is 11.0. The average molecular weight is 199 g/mol. The number of rotatable bonds is 0. The molecule has 4 atom stereocenters. The third-order valence-corrected chi connectivity index (χ3v) is 2.77. The molecule has 0 aromatic rings. The SMILES string of the molecule is O=C1C[C@H]2OC[C@H]3OC(=O)N[C@H]3[C@H]2O1. The highest BCUT2D eigenvalue weighted by Crippen LogP contribution is 2.30. The largest absolute Gasteiger partial charge is 0.457 e. The fraction of sp³-hybridized carbons (Fsp3) is 0.750. The van der Waals surface area contributed by atoms with Gasteiger partial charge in [0.2, 0.25) is 0 Å². The van der Waals surface area contributed by atoms with Crippen molar-refractivity contribution in [3.05, 3.63) is 0 Å². The highest BCUT2D eigenvalue weighted by molar-refractivity contribution is 5.74. The number of ether oxygens (including phenoxy) is 3. The average Bonchev–Trinajstić information content (AvgIpc) is 2.65. The summed E-state index contributed by atoms with van der Waals surface area (Å²) in [6.07, 6.45) is -1.13. The van der Waals surface area contributed by atoms with Gasteiger partial charge in [0.25, 0.3) is 0 Å². The van der Waals surface area contributed by atoms with Gasteiger partial charge in [0, 0.05) is 0 Å². The lowest BCUT2D eigenvalue weighted by Crippen LogP contribution is -2.53. The topological polar surface area (TPSA) is 73.9 Å². The van der Waals surface area contributed by atoms with Crippen molar-refractivity contribution in [2.45, 2.75) is 30.8 Å². The van der Waals surface area contributed by atoms with Gasteiger partial charge in [-0.15, -0.1) is 0 Å². The third kappa shape index (κ3) is 1.00. The molecule has 0 aromatic carbocycles. The van der Waals surface area contributed by atoms with Crippen molar-refractivity contribution in [2.75, 3.05) is 6.61 Å². The van der Waals surface area contributed by atoms with Crippen molar-refractivity contribution in [1.82, 2.24) is 5.32 Å². The smallest absolute Gasteiger partial charge is 0.408 e. The van der Waals surface area contributed by atoms with Gasteiger partial charge in [-0.25, -0.2) is 4.79 Å². The predicted octanol–water partition coefficient (Wildman–Crippen LogP) is -0.822. The Kier molecular flexibility index (Phi) is 1.49. The van der Waals surface area contributed by atoms with E-state index in [9.17, 15) is 9.59 Å². The van der Waals surface area contributed by atoms with E-state index in [2.05, 4.69) is 5.32 Å². The van der Waals surface area contributed by atoms with Gasteiger partial charge in [-0.1, -0.05) is 0 Å². The van der Waals surface area contributed by atoms with Gasteiger partial charge in [0.05, 0.1) is 13.0 Å². The fourth-order valence-corrected chi connectivity index (χ4v) is 2.14. The fourth-order valence-electron chi connectivity index (χ4n) is 2.14. The highest BCUT2D eigenvalue weighted by atomic mass is 16.6. The predicted molar refractivity (Wildman–Crippen MR) is 41.4 cm³/mol. The number of nitrogens with one attached hydrogen (secondary N) is 1. The third-order valence-electron chi connectivity index (χ3n) is 2.77. The van der Waals surface area contributed by atoms with Crippen LogP contribution in [0, 0.1) is 0 Å². The number of carbonyl (C=O) groups is 2. The molecule has 3 aliphatic heterocycles. The summed E-state index contributed by atoms with van der Waals surface area (Å²) in [5, 5.41) is 2.63. The Labute approximate surface area is 79.5 Å². The molecule has 1 N–H and O–H groups in total. The van der Waals surface area contributed by atoms with Gasteiger partial charge in [0.1, 0.15) is 12.1 Å². The maximum Gasteiger partial charge on any atom is 0.408 e. The summed E-state index contributed by atoms with van der Waals surface area (Å²) in [4.78, 5) is 22.0. The Hall–Kier alpha value is -1.30. The normalized spacial score (nSPS) is 44.9. The summed E-state index contributed by atoms with van der Waals surface area (Å²) in [6, 6.07) is -0.243. The van der Waals surface area contributed by atoms with Crippen molar-refractivity contribution in [1.29, 1.82) is 0 Å². The standard InChI is InChI=1S/C8H9NO5/c10-5-1-3-7(14-5)6-4(2-12-3)13-8(11)9-6/h3-4,6-7H,1-2H2,(H,9,11)/t3-,4-,6-,7+/m1/s1. The van der Waals surface area contributed by atoms with E-state index in [0.717, 1.165) is 0 Å². The van der Waals surface area contributed by atoms with Gasteiger partial charge in [0.15, 0.2) is 12.2 Å². The van der Waals surface area contributed by atoms with Gasteiger partial charge in [-0.3, -0.25) is 4.79 Å². The molecule has 0 aliphatic carbocycles. The lowest BCUT2D eigenvalue weighted by atomic mass is 9.98. The maximum atomic E-state index is 11.0. The second-order valence-corrected chi connectivity index (χ2v) is 3.64. The van der Waals surface area contributed by atoms with E-state index in [-0.39, 0.29) is 36.7 Å². The molecule has 3 heterocycles. The van der Waals surface area contributed by atoms with E-state index in [0.29, 0.717) is 6.61 Å². The first-order valence-corrected chi connectivity index (χ1v) is 4.52. The van der Waals surface area contributed by atoms with Crippen LogP contribution in [0.4, 0.5) is 4.79 Å². The molecule has 0 radical (unpaired) electrons. The van der Waals surface area contributed by atoms with Crippen LogP contribution in [-0.4, -0.2) is 43.0 Å². The molecule has 6 nitrogen and oxygen atoms in total. The van der Waals surface area contributed by atoms with E-state index < -0.39 is 6.09 Å². The van der Waals surface area contributed by atoms with Crippen molar-refractivity contribution in [2.24, 2.45) is 0 Å². The molecule has 14 heavy (non-hydrogen) atoms. The summed E-state index contributed by atoms with van der Waals surface area (Å²) in [5.41, 5.74) is 0. The minimum Gasteiger partial charge on any atom is -0.457 e. The van der Waals surface area contributed by atoms with Crippen LogP contribution in [0.15, 0.2) is 0 Å². The van der Waals surface area contributed by atoms with Crippen LogP contribution in [0.1, 0.15) is 6.42 Å².